The first-order chi connectivity index (χ1) is 9.04. The third kappa shape index (κ3) is 2.46. The minimum atomic E-state index is -0.284. The van der Waals surface area contributed by atoms with Gasteiger partial charge in [0.2, 0.25) is 0 Å². The lowest BCUT2D eigenvalue weighted by molar-refractivity contribution is 0.678. The first kappa shape index (κ1) is 13.2. The minimum Gasteiger partial charge on any atom is -0.322 e. The summed E-state index contributed by atoms with van der Waals surface area (Å²) in [5.41, 5.74) is 6.37. The largest absolute Gasteiger partial charge is 0.322 e. The molecule has 0 bridgehead atoms. The Hall–Kier alpha value is -2.26. The second kappa shape index (κ2) is 5.16. The monoisotopic (exact) mass is 256 g/mol. The van der Waals surface area contributed by atoms with E-state index in [4.69, 9.17) is 11.0 Å². The van der Waals surface area contributed by atoms with Crippen LogP contribution in [0, 0.1) is 11.3 Å². The normalized spacial score (nSPS) is 12.4. The van der Waals surface area contributed by atoms with Crippen molar-refractivity contribution < 1.29 is 0 Å². The van der Waals surface area contributed by atoms with Crippen LogP contribution in [0.2, 0.25) is 0 Å². The van der Waals surface area contributed by atoms with E-state index in [1.54, 1.807) is 23.0 Å². The second-order valence-corrected chi connectivity index (χ2v) is 4.67. The number of nitrogens with zero attached hydrogens (tertiary/aromatic N) is 5. The molecule has 2 aromatic heterocycles. The Morgan fingerprint density at radius 2 is 2.11 bits per heavy atom. The van der Waals surface area contributed by atoms with E-state index in [0.29, 0.717) is 23.0 Å². The molecule has 0 saturated heterocycles. The summed E-state index contributed by atoms with van der Waals surface area (Å²) in [6.45, 7) is 5.85. The van der Waals surface area contributed by atoms with Crippen molar-refractivity contribution >= 4 is 0 Å². The van der Waals surface area contributed by atoms with E-state index >= 15 is 0 Å². The van der Waals surface area contributed by atoms with Crippen molar-refractivity contribution in [2.75, 3.05) is 0 Å². The molecule has 6 heteroatoms. The summed E-state index contributed by atoms with van der Waals surface area (Å²) < 4.78 is 1.57. The summed E-state index contributed by atoms with van der Waals surface area (Å²) in [6, 6.07) is 5.24. The minimum absolute atomic E-state index is 0.188. The maximum Gasteiger partial charge on any atom is 0.173 e. The van der Waals surface area contributed by atoms with Crippen LogP contribution in [0.25, 0.3) is 5.82 Å². The molecule has 0 radical (unpaired) electrons. The zero-order valence-corrected chi connectivity index (χ0v) is 11.2. The van der Waals surface area contributed by atoms with Crippen molar-refractivity contribution in [3.05, 3.63) is 35.5 Å². The summed E-state index contributed by atoms with van der Waals surface area (Å²) in [5.74, 6) is 1.96. The molecular formula is C13H16N6. The van der Waals surface area contributed by atoms with Gasteiger partial charge < -0.3 is 5.73 Å². The molecule has 19 heavy (non-hydrogen) atoms. The van der Waals surface area contributed by atoms with Gasteiger partial charge in [0.05, 0.1) is 11.6 Å². The summed E-state index contributed by atoms with van der Waals surface area (Å²) >= 11 is 0. The highest BCUT2D eigenvalue weighted by Gasteiger charge is 2.19. The molecule has 2 rings (SSSR count). The van der Waals surface area contributed by atoms with Crippen LogP contribution in [0.4, 0.5) is 0 Å². The molecule has 0 aliphatic heterocycles. The SMILES string of the molecule is CC(C)c1nc([C@H](C)N)n(-c2ncccc2C#N)n1. The maximum atomic E-state index is 9.14. The topological polar surface area (TPSA) is 93.4 Å². The third-order valence-electron chi connectivity index (χ3n) is 2.68. The van der Waals surface area contributed by atoms with Crippen LogP contribution in [0.5, 0.6) is 0 Å². The van der Waals surface area contributed by atoms with Crippen molar-refractivity contribution in [1.82, 2.24) is 19.7 Å². The predicted octanol–water partition coefficient (Wildman–Crippen LogP) is 1.68. The van der Waals surface area contributed by atoms with Gasteiger partial charge in [-0.25, -0.2) is 9.97 Å². The number of rotatable bonds is 3. The average molecular weight is 256 g/mol. The molecule has 0 amide bonds. The van der Waals surface area contributed by atoms with Crippen molar-refractivity contribution in [3.63, 3.8) is 0 Å². The molecule has 2 aromatic rings. The standard InChI is InChI=1S/C13H16N6/c1-8(2)11-17-12(9(3)15)19(18-11)13-10(7-14)5-4-6-16-13/h4-6,8-9H,15H2,1-3H3/t9-/m0/s1. The van der Waals surface area contributed by atoms with Crippen molar-refractivity contribution in [3.8, 4) is 11.9 Å². The number of nitrogens with two attached hydrogens (primary N) is 1. The molecule has 2 heterocycles. The van der Waals surface area contributed by atoms with E-state index in [1.807, 2.05) is 20.8 Å². The fraction of sp³-hybridized carbons (Fsp3) is 0.385. The summed E-state index contributed by atoms with van der Waals surface area (Å²) in [7, 11) is 0. The van der Waals surface area contributed by atoms with E-state index in [9.17, 15) is 0 Å². The third-order valence-corrected chi connectivity index (χ3v) is 2.68. The number of pyridine rings is 1. The van der Waals surface area contributed by atoms with E-state index in [0.717, 1.165) is 0 Å². The number of hydrogen-bond acceptors (Lipinski definition) is 5. The smallest absolute Gasteiger partial charge is 0.173 e. The van der Waals surface area contributed by atoms with Crippen molar-refractivity contribution in [1.29, 1.82) is 5.26 Å². The van der Waals surface area contributed by atoms with Crippen LogP contribution in [-0.2, 0) is 0 Å². The molecular weight excluding hydrogens is 240 g/mol. The average Bonchev–Trinajstić information content (AvgIpc) is 2.83. The first-order valence-corrected chi connectivity index (χ1v) is 6.12. The molecule has 0 unspecified atom stereocenters. The highest BCUT2D eigenvalue weighted by Crippen LogP contribution is 2.19. The Morgan fingerprint density at radius 3 is 2.68 bits per heavy atom. The Balaban J connectivity index is 2.64. The van der Waals surface area contributed by atoms with Crippen LogP contribution in [0.3, 0.4) is 0 Å². The molecule has 0 aliphatic carbocycles. The lowest BCUT2D eigenvalue weighted by atomic mass is 10.2. The van der Waals surface area contributed by atoms with Gasteiger partial charge in [0, 0.05) is 12.1 Å². The van der Waals surface area contributed by atoms with Crippen molar-refractivity contribution in [2.24, 2.45) is 5.73 Å². The van der Waals surface area contributed by atoms with Gasteiger partial charge in [0.25, 0.3) is 0 Å². The van der Waals surface area contributed by atoms with E-state index in [1.165, 1.54) is 0 Å². The van der Waals surface area contributed by atoms with Gasteiger partial charge in [0.15, 0.2) is 17.5 Å². The number of aromatic nitrogens is 4. The lowest BCUT2D eigenvalue weighted by Gasteiger charge is -2.08. The van der Waals surface area contributed by atoms with E-state index in [-0.39, 0.29) is 12.0 Å². The number of nitriles is 1. The molecule has 1 atom stereocenters. The molecule has 2 N–H and O–H groups in total. The van der Waals surface area contributed by atoms with Gasteiger partial charge in [-0.05, 0) is 19.1 Å². The zero-order valence-electron chi connectivity index (χ0n) is 11.2. The van der Waals surface area contributed by atoms with Gasteiger partial charge in [0.1, 0.15) is 6.07 Å². The van der Waals surface area contributed by atoms with Crippen LogP contribution >= 0.6 is 0 Å². The fourth-order valence-corrected chi connectivity index (χ4v) is 1.69. The van der Waals surface area contributed by atoms with Crippen molar-refractivity contribution in [2.45, 2.75) is 32.7 Å². The second-order valence-electron chi connectivity index (χ2n) is 4.67. The van der Waals surface area contributed by atoms with Gasteiger partial charge in [-0.1, -0.05) is 13.8 Å². The van der Waals surface area contributed by atoms with Gasteiger partial charge in [-0.15, -0.1) is 5.10 Å². The summed E-state index contributed by atoms with van der Waals surface area (Å²) in [6.07, 6.45) is 1.62. The molecule has 0 fully saturated rings. The Kier molecular flexibility index (Phi) is 3.58. The molecule has 0 aromatic carbocycles. The molecule has 0 aliphatic rings. The molecule has 0 spiro atoms. The summed E-state index contributed by atoms with van der Waals surface area (Å²) in [5, 5.41) is 13.6. The van der Waals surface area contributed by atoms with Gasteiger partial charge in [-0.3, -0.25) is 0 Å². The summed E-state index contributed by atoms with van der Waals surface area (Å²) in [4.78, 5) is 8.66. The Labute approximate surface area is 111 Å². The molecule has 6 nitrogen and oxygen atoms in total. The van der Waals surface area contributed by atoms with Crippen LogP contribution in [0.1, 0.15) is 49.9 Å². The Morgan fingerprint density at radius 1 is 1.37 bits per heavy atom. The van der Waals surface area contributed by atoms with E-state index in [2.05, 4.69) is 21.1 Å². The van der Waals surface area contributed by atoms with Crippen LogP contribution < -0.4 is 5.73 Å². The first-order valence-electron chi connectivity index (χ1n) is 6.12. The molecule has 0 saturated carbocycles. The fourth-order valence-electron chi connectivity index (χ4n) is 1.69. The lowest BCUT2D eigenvalue weighted by Crippen LogP contribution is -2.15. The van der Waals surface area contributed by atoms with Crippen LogP contribution in [-0.4, -0.2) is 19.7 Å². The highest BCUT2D eigenvalue weighted by molar-refractivity contribution is 5.43. The maximum absolute atomic E-state index is 9.14. The molecule has 98 valence electrons. The van der Waals surface area contributed by atoms with Crippen LogP contribution in [0.15, 0.2) is 18.3 Å². The van der Waals surface area contributed by atoms with Gasteiger partial charge >= 0.3 is 0 Å². The quantitative estimate of drug-likeness (QED) is 0.901. The van der Waals surface area contributed by atoms with E-state index < -0.39 is 0 Å². The zero-order chi connectivity index (χ0) is 14.0. The van der Waals surface area contributed by atoms with Gasteiger partial charge in [-0.2, -0.15) is 9.94 Å². The Bertz CT molecular complexity index is 620. The highest BCUT2D eigenvalue weighted by atomic mass is 15.4. The number of hydrogen-bond donors (Lipinski definition) is 1. The predicted molar refractivity (Wildman–Crippen MR) is 70.6 cm³/mol.